The van der Waals surface area contributed by atoms with Gasteiger partial charge in [-0.15, -0.1) is 0 Å². The van der Waals surface area contributed by atoms with Gasteiger partial charge in [-0.1, -0.05) is 23.3 Å². The molecule has 1 atom stereocenters. The van der Waals surface area contributed by atoms with Crippen LogP contribution in [-0.4, -0.2) is 27.8 Å². The molecule has 2 aromatic rings. The lowest BCUT2D eigenvalue weighted by atomic mass is 10.0. The zero-order valence-electron chi connectivity index (χ0n) is 11.7. The van der Waals surface area contributed by atoms with Crippen LogP contribution in [0, 0.1) is 0 Å². The van der Waals surface area contributed by atoms with Crippen molar-refractivity contribution >= 4 is 17.8 Å². The van der Waals surface area contributed by atoms with Crippen molar-refractivity contribution < 1.29 is 19.2 Å². The van der Waals surface area contributed by atoms with Gasteiger partial charge in [0.2, 0.25) is 0 Å². The molecule has 0 fully saturated rings. The van der Waals surface area contributed by atoms with Gasteiger partial charge in [0.15, 0.2) is 0 Å². The van der Waals surface area contributed by atoms with Crippen LogP contribution in [0.1, 0.15) is 39.1 Å². The van der Waals surface area contributed by atoms with Crippen molar-refractivity contribution in [3.05, 3.63) is 65.5 Å². The monoisotopic (exact) mass is 296 g/mol. The smallest absolute Gasteiger partial charge is 0.329 e. The maximum atomic E-state index is 12.1. The van der Waals surface area contributed by atoms with Gasteiger partial charge in [-0.05, 0) is 30.7 Å². The molecule has 22 heavy (non-hydrogen) atoms. The number of hydrogen-bond donors (Lipinski definition) is 0. The third kappa shape index (κ3) is 2.24. The van der Waals surface area contributed by atoms with Gasteiger partial charge in [-0.3, -0.25) is 14.6 Å². The van der Waals surface area contributed by atoms with Crippen molar-refractivity contribution in [1.82, 2.24) is 10.0 Å². The summed E-state index contributed by atoms with van der Waals surface area (Å²) in [6.45, 7) is 1.62. The minimum absolute atomic E-state index is 0.231. The molecule has 0 bridgehead atoms. The molecule has 0 aliphatic carbocycles. The summed E-state index contributed by atoms with van der Waals surface area (Å²) in [6, 6.07) is 9.76. The highest BCUT2D eigenvalue weighted by Gasteiger charge is 2.39. The number of pyridine rings is 1. The molecule has 0 radical (unpaired) electrons. The predicted octanol–water partition coefficient (Wildman–Crippen LogP) is 1.94. The fourth-order valence-corrected chi connectivity index (χ4v) is 2.19. The Kier molecular flexibility index (Phi) is 3.42. The quantitative estimate of drug-likeness (QED) is 0.809. The summed E-state index contributed by atoms with van der Waals surface area (Å²) in [5, 5.41) is 0.514. The zero-order valence-corrected chi connectivity index (χ0v) is 11.7. The first-order valence-electron chi connectivity index (χ1n) is 6.69. The van der Waals surface area contributed by atoms with Crippen LogP contribution in [0.3, 0.4) is 0 Å². The van der Waals surface area contributed by atoms with E-state index in [0.717, 1.165) is 0 Å². The number of fused-ring (bicyclic) bond motifs is 1. The molecule has 2 heterocycles. The molecule has 6 nitrogen and oxygen atoms in total. The first-order chi connectivity index (χ1) is 10.6. The van der Waals surface area contributed by atoms with Gasteiger partial charge in [0, 0.05) is 12.4 Å². The molecule has 6 heteroatoms. The second kappa shape index (κ2) is 5.40. The van der Waals surface area contributed by atoms with Gasteiger partial charge in [0.1, 0.15) is 0 Å². The SMILES string of the molecule is CC(C(=O)ON1C(=O)c2ccccc2C1=O)c1cccnc1. The Morgan fingerprint density at radius 3 is 2.27 bits per heavy atom. The fourth-order valence-electron chi connectivity index (χ4n) is 2.19. The highest BCUT2D eigenvalue weighted by Crippen LogP contribution is 2.24. The first-order valence-corrected chi connectivity index (χ1v) is 6.69. The number of amides is 2. The molecule has 1 unspecified atom stereocenters. The van der Waals surface area contributed by atoms with Crippen LogP contribution < -0.4 is 0 Å². The lowest BCUT2D eigenvalue weighted by molar-refractivity contribution is -0.170. The number of hydroxylamine groups is 2. The lowest BCUT2D eigenvalue weighted by Gasteiger charge is -2.16. The second-order valence-electron chi connectivity index (χ2n) is 4.87. The molecule has 1 aromatic carbocycles. The minimum Gasteiger partial charge on any atom is -0.329 e. The van der Waals surface area contributed by atoms with Crippen LogP contribution in [0.25, 0.3) is 0 Å². The summed E-state index contributed by atoms with van der Waals surface area (Å²) < 4.78 is 0. The molecule has 1 aliphatic heterocycles. The Hall–Kier alpha value is -3.02. The van der Waals surface area contributed by atoms with E-state index in [1.165, 1.54) is 18.3 Å². The summed E-state index contributed by atoms with van der Waals surface area (Å²) in [7, 11) is 0. The van der Waals surface area contributed by atoms with Crippen molar-refractivity contribution in [3.8, 4) is 0 Å². The number of hydrogen-bond acceptors (Lipinski definition) is 5. The fraction of sp³-hybridized carbons (Fsp3) is 0.125. The standard InChI is InChI=1S/C16H12N2O4/c1-10(11-5-4-8-17-9-11)16(21)22-18-14(19)12-6-2-3-7-13(12)15(18)20/h2-10H,1H3. The number of benzene rings is 1. The Labute approximate surface area is 126 Å². The van der Waals surface area contributed by atoms with E-state index in [4.69, 9.17) is 4.84 Å². The van der Waals surface area contributed by atoms with E-state index < -0.39 is 23.7 Å². The van der Waals surface area contributed by atoms with E-state index in [0.29, 0.717) is 10.6 Å². The van der Waals surface area contributed by atoms with Gasteiger partial charge >= 0.3 is 5.97 Å². The average Bonchev–Trinajstić information content (AvgIpc) is 2.80. The molecule has 0 saturated heterocycles. The topological polar surface area (TPSA) is 76.6 Å². The van der Waals surface area contributed by atoms with Crippen LogP contribution in [0.5, 0.6) is 0 Å². The molecule has 1 aliphatic rings. The second-order valence-corrected chi connectivity index (χ2v) is 4.87. The largest absolute Gasteiger partial charge is 0.340 e. The van der Waals surface area contributed by atoms with Crippen LogP contribution in [0.2, 0.25) is 0 Å². The van der Waals surface area contributed by atoms with Crippen molar-refractivity contribution in [1.29, 1.82) is 0 Å². The Bertz CT molecular complexity index is 723. The minimum atomic E-state index is -0.692. The third-order valence-corrected chi connectivity index (χ3v) is 3.48. The summed E-state index contributed by atoms with van der Waals surface area (Å²) in [4.78, 5) is 45.3. The molecule has 2 amide bonds. The summed E-state index contributed by atoms with van der Waals surface area (Å²) in [5.74, 6) is -2.60. The highest BCUT2D eigenvalue weighted by atomic mass is 16.7. The first kappa shape index (κ1) is 13.9. The average molecular weight is 296 g/mol. The Balaban J connectivity index is 1.79. The van der Waals surface area contributed by atoms with Gasteiger partial charge < -0.3 is 4.84 Å². The summed E-state index contributed by atoms with van der Waals surface area (Å²) in [6.07, 6.45) is 3.13. The zero-order chi connectivity index (χ0) is 15.7. The van der Waals surface area contributed by atoms with E-state index in [1.54, 1.807) is 37.4 Å². The van der Waals surface area contributed by atoms with Crippen LogP contribution in [0.15, 0.2) is 48.8 Å². The number of rotatable bonds is 3. The summed E-state index contributed by atoms with van der Waals surface area (Å²) in [5.41, 5.74) is 1.10. The van der Waals surface area contributed by atoms with Gasteiger partial charge in [0.25, 0.3) is 11.8 Å². The van der Waals surface area contributed by atoms with Crippen LogP contribution in [0.4, 0.5) is 0 Å². The molecule has 0 saturated carbocycles. The van der Waals surface area contributed by atoms with Gasteiger partial charge in [-0.25, -0.2) is 4.79 Å². The number of carbonyl (C=O) groups is 3. The maximum Gasteiger partial charge on any atom is 0.340 e. The van der Waals surface area contributed by atoms with Crippen molar-refractivity contribution in [3.63, 3.8) is 0 Å². The Morgan fingerprint density at radius 2 is 1.73 bits per heavy atom. The van der Waals surface area contributed by atoms with Crippen molar-refractivity contribution in [2.24, 2.45) is 0 Å². The van der Waals surface area contributed by atoms with Crippen LogP contribution >= 0.6 is 0 Å². The lowest BCUT2D eigenvalue weighted by Crippen LogP contribution is -2.34. The molecule has 3 rings (SSSR count). The van der Waals surface area contributed by atoms with Crippen LogP contribution in [-0.2, 0) is 9.63 Å². The molecular weight excluding hydrogens is 284 g/mol. The number of carbonyl (C=O) groups excluding carboxylic acids is 3. The predicted molar refractivity (Wildman–Crippen MR) is 75.7 cm³/mol. The highest BCUT2D eigenvalue weighted by molar-refractivity contribution is 6.20. The van der Waals surface area contributed by atoms with E-state index in [1.807, 2.05) is 0 Å². The van der Waals surface area contributed by atoms with E-state index in [9.17, 15) is 14.4 Å². The van der Waals surface area contributed by atoms with E-state index >= 15 is 0 Å². The normalized spacial score (nSPS) is 14.7. The van der Waals surface area contributed by atoms with Gasteiger partial charge in [-0.2, -0.15) is 0 Å². The van der Waals surface area contributed by atoms with Crippen molar-refractivity contribution in [2.45, 2.75) is 12.8 Å². The number of aromatic nitrogens is 1. The summed E-state index contributed by atoms with van der Waals surface area (Å²) >= 11 is 0. The molecule has 1 aromatic heterocycles. The third-order valence-electron chi connectivity index (χ3n) is 3.48. The molecule has 110 valence electrons. The maximum absolute atomic E-state index is 12.1. The Morgan fingerprint density at radius 1 is 1.09 bits per heavy atom. The molecular formula is C16H12N2O4. The molecule has 0 N–H and O–H groups in total. The van der Waals surface area contributed by atoms with E-state index in [-0.39, 0.29) is 11.1 Å². The van der Waals surface area contributed by atoms with Crippen molar-refractivity contribution in [2.75, 3.05) is 0 Å². The molecule has 0 spiro atoms. The number of nitrogens with zero attached hydrogens (tertiary/aromatic N) is 2. The van der Waals surface area contributed by atoms with Gasteiger partial charge in [0.05, 0.1) is 17.0 Å². The number of imide groups is 1. The van der Waals surface area contributed by atoms with E-state index in [2.05, 4.69) is 4.98 Å².